The Balaban J connectivity index is 2.25. The number of halogens is 2. The van der Waals surface area contributed by atoms with Gasteiger partial charge in [0, 0.05) is 6.07 Å². The number of methoxy groups -OCH3 is 1. The van der Waals surface area contributed by atoms with Crippen molar-refractivity contribution in [2.24, 2.45) is 0 Å². The highest BCUT2D eigenvalue weighted by atomic mass is 35.5. The summed E-state index contributed by atoms with van der Waals surface area (Å²) in [5, 5.41) is 6.62. The van der Waals surface area contributed by atoms with Gasteiger partial charge in [-0.05, 0) is 13.0 Å². The van der Waals surface area contributed by atoms with Crippen LogP contribution >= 0.6 is 23.2 Å². The molecule has 7 nitrogen and oxygen atoms in total. The van der Waals surface area contributed by atoms with Gasteiger partial charge in [-0.2, -0.15) is 5.10 Å². The number of hydrogen-bond donors (Lipinski definition) is 2. The lowest BCUT2D eigenvalue weighted by Gasteiger charge is -2.10. The van der Waals surface area contributed by atoms with E-state index in [0.717, 1.165) is 0 Å². The minimum atomic E-state index is -3.84. The summed E-state index contributed by atoms with van der Waals surface area (Å²) in [6, 6.07) is 2.57. The summed E-state index contributed by atoms with van der Waals surface area (Å²) >= 11 is 11.9. The molecule has 0 amide bonds. The van der Waals surface area contributed by atoms with E-state index in [-0.39, 0.29) is 21.5 Å². The second-order valence-corrected chi connectivity index (χ2v) is 6.63. The van der Waals surface area contributed by atoms with Gasteiger partial charge in [0.15, 0.2) is 5.82 Å². The van der Waals surface area contributed by atoms with Crippen LogP contribution in [0.1, 0.15) is 11.6 Å². The van der Waals surface area contributed by atoms with Crippen molar-refractivity contribution in [2.45, 2.75) is 18.4 Å². The minimum Gasteiger partial charge on any atom is -0.495 e. The second-order valence-electron chi connectivity index (χ2n) is 4.08. The average molecular weight is 351 g/mol. The van der Waals surface area contributed by atoms with Gasteiger partial charge in [0.05, 0.1) is 23.7 Å². The summed E-state index contributed by atoms with van der Waals surface area (Å²) in [5.41, 5.74) is 0. The molecule has 1 aromatic carbocycles. The van der Waals surface area contributed by atoms with E-state index in [1.54, 1.807) is 6.92 Å². The van der Waals surface area contributed by atoms with Crippen molar-refractivity contribution in [3.8, 4) is 5.75 Å². The summed E-state index contributed by atoms with van der Waals surface area (Å²) in [7, 11) is -2.43. The molecule has 21 heavy (non-hydrogen) atoms. The quantitative estimate of drug-likeness (QED) is 0.858. The van der Waals surface area contributed by atoms with Crippen LogP contribution in [0, 0.1) is 6.92 Å². The standard InChI is InChI=1S/C11H12Cl2N4O3S/c1-6-15-11(17-16-6)5-14-21(18,19)10-4-7(12)9(20-2)3-8(10)13/h3-4,14H,5H2,1-2H3,(H,15,16,17). The lowest BCUT2D eigenvalue weighted by atomic mass is 10.3. The van der Waals surface area contributed by atoms with E-state index < -0.39 is 10.0 Å². The third-order valence-electron chi connectivity index (χ3n) is 2.56. The van der Waals surface area contributed by atoms with Crippen LogP contribution in [0.25, 0.3) is 0 Å². The first-order chi connectivity index (χ1) is 9.83. The number of nitrogens with zero attached hydrogens (tertiary/aromatic N) is 2. The van der Waals surface area contributed by atoms with E-state index >= 15 is 0 Å². The number of nitrogens with one attached hydrogen (secondary N) is 2. The maximum atomic E-state index is 12.2. The molecular weight excluding hydrogens is 339 g/mol. The molecule has 0 bridgehead atoms. The molecule has 1 aromatic heterocycles. The van der Waals surface area contributed by atoms with Crippen molar-refractivity contribution in [3.63, 3.8) is 0 Å². The fourth-order valence-electron chi connectivity index (χ4n) is 1.58. The van der Waals surface area contributed by atoms with Crippen molar-refractivity contribution in [3.05, 3.63) is 33.8 Å². The first-order valence-electron chi connectivity index (χ1n) is 5.74. The van der Waals surface area contributed by atoms with E-state index in [1.807, 2.05) is 0 Å². The molecule has 1 heterocycles. The zero-order chi connectivity index (χ0) is 15.6. The Kier molecular flexibility index (Phi) is 4.72. The van der Waals surface area contributed by atoms with Gasteiger partial charge >= 0.3 is 0 Å². The number of benzene rings is 1. The average Bonchev–Trinajstić information content (AvgIpc) is 2.84. The molecule has 0 fully saturated rings. The number of aromatic nitrogens is 3. The summed E-state index contributed by atoms with van der Waals surface area (Å²) in [6.07, 6.45) is 0. The molecule has 2 aromatic rings. The Morgan fingerprint density at radius 3 is 2.62 bits per heavy atom. The molecule has 10 heteroatoms. The van der Waals surface area contributed by atoms with E-state index in [1.165, 1.54) is 19.2 Å². The molecule has 114 valence electrons. The lowest BCUT2D eigenvalue weighted by molar-refractivity contribution is 0.414. The van der Waals surface area contributed by atoms with Crippen LogP contribution in [0.5, 0.6) is 5.75 Å². The van der Waals surface area contributed by atoms with E-state index in [9.17, 15) is 8.42 Å². The molecule has 0 saturated carbocycles. The highest BCUT2D eigenvalue weighted by Crippen LogP contribution is 2.33. The summed E-state index contributed by atoms with van der Waals surface area (Å²) in [5.74, 6) is 1.21. The Morgan fingerprint density at radius 1 is 1.33 bits per heavy atom. The highest BCUT2D eigenvalue weighted by molar-refractivity contribution is 7.89. The normalized spacial score (nSPS) is 11.6. The lowest BCUT2D eigenvalue weighted by Crippen LogP contribution is -2.24. The summed E-state index contributed by atoms with van der Waals surface area (Å²) in [6.45, 7) is 1.65. The first kappa shape index (κ1) is 16.0. The zero-order valence-corrected chi connectivity index (χ0v) is 13.5. The molecule has 0 saturated heterocycles. The predicted molar refractivity (Wildman–Crippen MR) is 78.2 cm³/mol. The molecule has 0 radical (unpaired) electrons. The van der Waals surface area contributed by atoms with Crippen LogP contribution in [-0.4, -0.2) is 30.7 Å². The second kappa shape index (κ2) is 6.18. The van der Waals surface area contributed by atoms with E-state index in [0.29, 0.717) is 17.4 Å². The van der Waals surface area contributed by atoms with Gasteiger partial charge in [-0.15, -0.1) is 0 Å². The number of aryl methyl sites for hydroxylation is 1. The number of hydrogen-bond acceptors (Lipinski definition) is 5. The Bertz CT molecular complexity index is 761. The zero-order valence-electron chi connectivity index (χ0n) is 11.1. The molecular formula is C11H12Cl2N4O3S. The molecule has 2 rings (SSSR count). The Morgan fingerprint density at radius 2 is 2.05 bits per heavy atom. The Hall–Kier alpha value is -1.35. The number of rotatable bonds is 5. The van der Waals surface area contributed by atoms with Crippen molar-refractivity contribution >= 4 is 33.2 Å². The van der Waals surface area contributed by atoms with Gasteiger partial charge in [-0.25, -0.2) is 18.1 Å². The largest absolute Gasteiger partial charge is 0.495 e. The van der Waals surface area contributed by atoms with Crippen LogP contribution in [0.2, 0.25) is 10.0 Å². The van der Waals surface area contributed by atoms with Crippen molar-refractivity contribution in [2.75, 3.05) is 7.11 Å². The molecule has 2 N–H and O–H groups in total. The van der Waals surface area contributed by atoms with Gasteiger partial charge in [-0.1, -0.05) is 23.2 Å². The van der Waals surface area contributed by atoms with E-state index in [2.05, 4.69) is 19.9 Å². The highest BCUT2D eigenvalue weighted by Gasteiger charge is 2.21. The van der Waals surface area contributed by atoms with Gasteiger partial charge < -0.3 is 4.74 Å². The maximum absolute atomic E-state index is 12.2. The van der Waals surface area contributed by atoms with Crippen molar-refractivity contribution in [1.29, 1.82) is 0 Å². The topological polar surface area (TPSA) is 97.0 Å². The van der Waals surface area contributed by atoms with E-state index in [4.69, 9.17) is 27.9 Å². The molecule has 0 unspecified atom stereocenters. The predicted octanol–water partition coefficient (Wildman–Crippen LogP) is 1.91. The van der Waals surface area contributed by atoms with Gasteiger partial charge in [0.1, 0.15) is 16.5 Å². The number of H-pyrrole nitrogens is 1. The van der Waals surface area contributed by atoms with Crippen molar-refractivity contribution < 1.29 is 13.2 Å². The molecule has 0 aliphatic heterocycles. The van der Waals surface area contributed by atoms with Crippen LogP contribution < -0.4 is 9.46 Å². The summed E-state index contributed by atoms with van der Waals surface area (Å²) in [4.78, 5) is 3.87. The fourth-order valence-corrected chi connectivity index (χ4v) is 3.41. The van der Waals surface area contributed by atoms with Crippen LogP contribution in [0.3, 0.4) is 0 Å². The third kappa shape index (κ3) is 3.65. The maximum Gasteiger partial charge on any atom is 0.242 e. The number of sulfonamides is 1. The molecule has 0 spiro atoms. The van der Waals surface area contributed by atoms with Crippen LogP contribution in [0.15, 0.2) is 17.0 Å². The monoisotopic (exact) mass is 350 g/mol. The van der Waals surface area contributed by atoms with Gasteiger partial charge in [0.2, 0.25) is 10.0 Å². The summed E-state index contributed by atoms with van der Waals surface area (Å²) < 4.78 is 31.8. The number of ether oxygens (including phenoxy) is 1. The van der Waals surface area contributed by atoms with Gasteiger partial charge in [-0.3, -0.25) is 5.10 Å². The van der Waals surface area contributed by atoms with Gasteiger partial charge in [0.25, 0.3) is 0 Å². The number of aromatic amines is 1. The van der Waals surface area contributed by atoms with Crippen LogP contribution in [-0.2, 0) is 16.6 Å². The first-order valence-corrected chi connectivity index (χ1v) is 7.98. The Labute approximate surface area is 131 Å². The third-order valence-corrected chi connectivity index (χ3v) is 4.72. The van der Waals surface area contributed by atoms with Crippen molar-refractivity contribution in [1.82, 2.24) is 19.9 Å². The molecule has 0 aliphatic carbocycles. The smallest absolute Gasteiger partial charge is 0.242 e. The fraction of sp³-hybridized carbons (Fsp3) is 0.273. The molecule has 0 atom stereocenters. The molecule has 0 aliphatic rings. The minimum absolute atomic E-state index is 0.00918. The van der Waals surface area contributed by atoms with Crippen LogP contribution in [0.4, 0.5) is 0 Å². The SMILES string of the molecule is COc1cc(Cl)c(S(=O)(=O)NCc2n[nH]c(C)n2)cc1Cl.